The predicted octanol–water partition coefficient (Wildman–Crippen LogP) is 5.33. The molecule has 1 N–H and O–H groups in total. The molecule has 1 saturated heterocycles. The van der Waals surface area contributed by atoms with E-state index in [9.17, 15) is 9.59 Å². The summed E-state index contributed by atoms with van der Waals surface area (Å²) in [5, 5.41) is 0. The number of nitrogens with one attached hydrogen (secondary N) is 1. The molecular formula is C35H38N2O6. The number of H-pyrrole nitrogens is 1. The molecule has 2 fully saturated rings. The highest BCUT2D eigenvalue weighted by Crippen LogP contribution is 2.55. The van der Waals surface area contributed by atoms with Gasteiger partial charge in [0.2, 0.25) is 0 Å². The fourth-order valence-electron chi connectivity index (χ4n) is 6.45. The number of benzene rings is 3. The van der Waals surface area contributed by atoms with Crippen molar-refractivity contribution >= 4 is 0 Å². The standard InChI is InChI=1S/C35H38N2O6/c1-23-14-16-28(17-15-23)42-29-18-24(2)30-31(41-21-27-12-8-5-9-13-27)35(29,22-40-20-26-10-6-4-7-11-26)43-33(30)37-19-25(3)32(38)36-34(37)39/h4-17,19,24,29-31,33H,18,20-22H2,1-3H3,(H,36,38,39)/t24-,29-,30-,31+,33-,35+/m1/s1. The van der Waals surface area contributed by atoms with E-state index in [0.29, 0.717) is 25.2 Å². The van der Waals surface area contributed by atoms with Gasteiger partial charge in [-0.15, -0.1) is 0 Å². The maximum Gasteiger partial charge on any atom is 0.330 e. The van der Waals surface area contributed by atoms with E-state index in [1.54, 1.807) is 13.1 Å². The summed E-state index contributed by atoms with van der Waals surface area (Å²) in [5.41, 5.74) is 1.68. The summed E-state index contributed by atoms with van der Waals surface area (Å²) in [6.45, 7) is 6.81. The zero-order valence-corrected chi connectivity index (χ0v) is 24.8. The third-order valence-electron chi connectivity index (χ3n) is 8.72. The Balaban J connectivity index is 1.42. The number of ether oxygens (including phenoxy) is 4. The van der Waals surface area contributed by atoms with Crippen LogP contribution in [0.3, 0.4) is 0 Å². The molecule has 1 aliphatic carbocycles. The summed E-state index contributed by atoms with van der Waals surface area (Å²) >= 11 is 0. The van der Waals surface area contributed by atoms with E-state index in [0.717, 1.165) is 22.4 Å². The highest BCUT2D eigenvalue weighted by atomic mass is 16.6. The van der Waals surface area contributed by atoms with E-state index in [1.807, 2.05) is 91.9 Å². The first kappa shape index (κ1) is 29.1. The minimum Gasteiger partial charge on any atom is -0.487 e. The molecule has 2 heterocycles. The first-order valence-electron chi connectivity index (χ1n) is 14.8. The molecule has 224 valence electrons. The molecule has 1 aromatic heterocycles. The molecule has 0 radical (unpaired) electrons. The van der Waals surface area contributed by atoms with Gasteiger partial charge < -0.3 is 18.9 Å². The quantitative estimate of drug-likeness (QED) is 0.272. The lowest BCUT2D eigenvalue weighted by Gasteiger charge is -2.46. The highest BCUT2D eigenvalue weighted by molar-refractivity contribution is 5.28. The van der Waals surface area contributed by atoms with E-state index in [4.69, 9.17) is 18.9 Å². The fourth-order valence-corrected chi connectivity index (χ4v) is 6.45. The fraction of sp³-hybridized carbons (Fsp3) is 0.371. The molecule has 0 amide bonds. The van der Waals surface area contributed by atoms with Gasteiger partial charge in [-0.05, 0) is 49.4 Å². The van der Waals surface area contributed by atoms with E-state index < -0.39 is 35.3 Å². The van der Waals surface area contributed by atoms with Crippen LogP contribution in [0.4, 0.5) is 0 Å². The Morgan fingerprint density at radius 1 is 0.907 bits per heavy atom. The van der Waals surface area contributed by atoms with Gasteiger partial charge >= 0.3 is 5.69 Å². The van der Waals surface area contributed by atoms with Crippen LogP contribution in [0.2, 0.25) is 0 Å². The second-order valence-corrected chi connectivity index (χ2v) is 11.8. The highest BCUT2D eigenvalue weighted by Gasteiger charge is 2.66. The van der Waals surface area contributed by atoms with E-state index in [2.05, 4.69) is 11.9 Å². The normalized spacial score (nSPS) is 26.3. The van der Waals surface area contributed by atoms with Crippen molar-refractivity contribution in [3.05, 3.63) is 134 Å². The minimum absolute atomic E-state index is 0.0603. The van der Waals surface area contributed by atoms with Crippen molar-refractivity contribution in [3.8, 4) is 5.75 Å². The third kappa shape index (κ3) is 5.95. The molecule has 6 rings (SSSR count). The molecule has 6 atom stereocenters. The largest absolute Gasteiger partial charge is 0.487 e. The van der Waals surface area contributed by atoms with Gasteiger partial charge in [0, 0.05) is 17.7 Å². The van der Waals surface area contributed by atoms with Crippen molar-refractivity contribution in [2.45, 2.75) is 64.4 Å². The number of hydrogen-bond donors (Lipinski definition) is 1. The van der Waals surface area contributed by atoms with Crippen LogP contribution in [0.5, 0.6) is 5.75 Å². The van der Waals surface area contributed by atoms with Crippen LogP contribution >= 0.6 is 0 Å². The smallest absolute Gasteiger partial charge is 0.330 e. The third-order valence-corrected chi connectivity index (χ3v) is 8.72. The van der Waals surface area contributed by atoms with Crippen LogP contribution in [0.1, 0.15) is 41.8 Å². The first-order chi connectivity index (χ1) is 20.8. The zero-order chi connectivity index (χ0) is 30.0. The van der Waals surface area contributed by atoms with Crippen LogP contribution in [-0.2, 0) is 27.4 Å². The van der Waals surface area contributed by atoms with Gasteiger partial charge in [-0.3, -0.25) is 14.3 Å². The number of nitrogens with zero attached hydrogens (tertiary/aromatic N) is 1. The lowest BCUT2D eigenvalue weighted by atomic mass is 9.70. The molecule has 43 heavy (non-hydrogen) atoms. The van der Waals surface area contributed by atoms with Crippen molar-refractivity contribution < 1.29 is 18.9 Å². The molecule has 2 bridgehead atoms. The Bertz CT molecular complexity index is 1640. The summed E-state index contributed by atoms with van der Waals surface area (Å²) in [7, 11) is 0. The molecule has 0 unspecified atom stereocenters. The SMILES string of the molecule is Cc1ccc(O[C@@H]2C[C@@H](C)[C@H]3[C@H](n4cc(C)c(=O)[nH]c4=O)O[C@]2(COCc2ccccc2)[C@H]3OCc2ccccc2)cc1. The minimum atomic E-state index is -1.04. The van der Waals surface area contributed by atoms with Gasteiger partial charge in [0.05, 0.1) is 19.8 Å². The van der Waals surface area contributed by atoms with Crippen molar-refractivity contribution in [3.63, 3.8) is 0 Å². The van der Waals surface area contributed by atoms with Gasteiger partial charge in [-0.25, -0.2) is 4.79 Å². The lowest BCUT2D eigenvalue weighted by Crippen LogP contribution is -2.61. The maximum atomic E-state index is 13.2. The number of aromatic nitrogens is 2. The summed E-state index contributed by atoms with van der Waals surface area (Å²) in [6.07, 6.45) is 0.675. The van der Waals surface area contributed by atoms with Crippen LogP contribution in [0.15, 0.2) is 101 Å². The van der Waals surface area contributed by atoms with E-state index >= 15 is 0 Å². The molecule has 8 nitrogen and oxygen atoms in total. The second kappa shape index (κ2) is 12.3. The Labute approximate surface area is 251 Å². The van der Waals surface area contributed by atoms with Crippen LogP contribution in [-0.4, -0.2) is 34.0 Å². The monoisotopic (exact) mass is 582 g/mol. The van der Waals surface area contributed by atoms with Gasteiger partial charge in [0.1, 0.15) is 24.2 Å². The number of aromatic amines is 1. The molecule has 8 heteroatoms. The Hall–Kier alpha value is -3.98. The number of rotatable bonds is 10. The summed E-state index contributed by atoms with van der Waals surface area (Å²) in [6, 6.07) is 28.0. The molecule has 3 aromatic carbocycles. The molecule has 2 aliphatic rings. The summed E-state index contributed by atoms with van der Waals surface area (Å²) in [5.74, 6) is 0.588. The summed E-state index contributed by atoms with van der Waals surface area (Å²) < 4.78 is 28.5. The molecule has 0 spiro atoms. The first-order valence-corrected chi connectivity index (χ1v) is 14.8. The number of fused-ring (bicyclic) bond motifs is 2. The molecule has 1 aliphatic heterocycles. The van der Waals surface area contributed by atoms with Crippen LogP contribution < -0.4 is 16.0 Å². The van der Waals surface area contributed by atoms with Crippen molar-refractivity contribution in [2.24, 2.45) is 11.8 Å². The Morgan fingerprint density at radius 3 is 2.23 bits per heavy atom. The van der Waals surface area contributed by atoms with E-state index in [1.165, 1.54) is 4.57 Å². The Kier molecular flexibility index (Phi) is 8.34. The van der Waals surface area contributed by atoms with Crippen LogP contribution in [0, 0.1) is 25.7 Å². The number of hydrogen-bond acceptors (Lipinski definition) is 6. The molecule has 4 aromatic rings. The van der Waals surface area contributed by atoms with Crippen molar-refractivity contribution in [2.75, 3.05) is 6.61 Å². The maximum absolute atomic E-state index is 13.2. The number of aryl methyl sites for hydroxylation is 2. The summed E-state index contributed by atoms with van der Waals surface area (Å²) in [4.78, 5) is 27.9. The van der Waals surface area contributed by atoms with Gasteiger partial charge in [0.25, 0.3) is 5.56 Å². The van der Waals surface area contributed by atoms with Crippen LogP contribution in [0.25, 0.3) is 0 Å². The topological polar surface area (TPSA) is 91.8 Å². The second-order valence-electron chi connectivity index (χ2n) is 11.8. The van der Waals surface area contributed by atoms with Crippen molar-refractivity contribution in [1.82, 2.24) is 9.55 Å². The average Bonchev–Trinajstić information content (AvgIpc) is 3.28. The Morgan fingerprint density at radius 2 is 1.56 bits per heavy atom. The zero-order valence-electron chi connectivity index (χ0n) is 24.8. The average molecular weight is 583 g/mol. The van der Waals surface area contributed by atoms with Crippen molar-refractivity contribution in [1.29, 1.82) is 0 Å². The molecule has 1 saturated carbocycles. The molecular weight excluding hydrogens is 544 g/mol. The van der Waals surface area contributed by atoms with Gasteiger partial charge in [-0.1, -0.05) is 85.3 Å². The lowest BCUT2D eigenvalue weighted by molar-refractivity contribution is -0.205. The van der Waals surface area contributed by atoms with Gasteiger partial charge in [-0.2, -0.15) is 0 Å². The predicted molar refractivity (Wildman–Crippen MR) is 163 cm³/mol. The van der Waals surface area contributed by atoms with Gasteiger partial charge in [0.15, 0.2) is 5.60 Å². The van der Waals surface area contributed by atoms with E-state index in [-0.39, 0.29) is 18.4 Å².